The van der Waals surface area contributed by atoms with Crippen molar-refractivity contribution in [1.82, 2.24) is 4.98 Å². The maximum Gasteiger partial charge on any atom is 0.147 e. The number of anilines is 2. The van der Waals surface area contributed by atoms with Gasteiger partial charge in [0.25, 0.3) is 0 Å². The van der Waals surface area contributed by atoms with Gasteiger partial charge >= 0.3 is 0 Å². The second-order valence-corrected chi connectivity index (χ2v) is 5.39. The molecule has 6 heteroatoms. The third-order valence-corrected chi connectivity index (χ3v) is 4.06. The number of thiophene rings is 1. The van der Waals surface area contributed by atoms with Crippen LogP contribution in [0.2, 0.25) is 10.0 Å². The molecule has 96 valence electrons. The Kier molecular flexibility index (Phi) is 4.32. The minimum absolute atomic E-state index is 0.514. The molecule has 2 rings (SSSR count). The predicted octanol–water partition coefficient (Wildman–Crippen LogP) is 4.41. The highest BCUT2D eigenvalue weighted by Gasteiger charge is 2.08. The lowest BCUT2D eigenvalue weighted by Crippen LogP contribution is -2.04. The third kappa shape index (κ3) is 2.88. The molecule has 0 amide bonds. The van der Waals surface area contributed by atoms with Gasteiger partial charge in [-0.25, -0.2) is 4.98 Å². The van der Waals surface area contributed by atoms with Gasteiger partial charge in [0.15, 0.2) is 0 Å². The minimum atomic E-state index is 0.514. The van der Waals surface area contributed by atoms with Crippen LogP contribution in [0.5, 0.6) is 0 Å². The number of nitrogens with one attached hydrogen (secondary N) is 2. The van der Waals surface area contributed by atoms with Crippen LogP contribution in [0.15, 0.2) is 16.8 Å². The average Bonchev–Trinajstić information content (AvgIpc) is 2.74. The molecule has 2 heterocycles. The molecule has 0 saturated carbocycles. The van der Waals surface area contributed by atoms with E-state index < -0.39 is 0 Å². The van der Waals surface area contributed by atoms with Gasteiger partial charge in [0.2, 0.25) is 0 Å². The lowest BCUT2D eigenvalue weighted by atomic mass is 10.2. The van der Waals surface area contributed by atoms with Crippen molar-refractivity contribution in [3.63, 3.8) is 0 Å². The van der Waals surface area contributed by atoms with Crippen LogP contribution in [0.1, 0.15) is 11.1 Å². The average molecular weight is 302 g/mol. The number of nitrogens with zero attached hydrogens (tertiary/aromatic N) is 1. The third-order valence-electron chi connectivity index (χ3n) is 2.57. The van der Waals surface area contributed by atoms with Gasteiger partial charge in [0.05, 0.1) is 10.0 Å². The quantitative estimate of drug-likeness (QED) is 0.878. The molecule has 2 N–H and O–H groups in total. The molecule has 0 aliphatic rings. The molecule has 0 fully saturated rings. The van der Waals surface area contributed by atoms with Crippen LogP contribution in [-0.4, -0.2) is 12.0 Å². The first-order valence-corrected chi connectivity index (χ1v) is 7.11. The molecule has 3 nitrogen and oxygen atoms in total. The van der Waals surface area contributed by atoms with E-state index in [1.807, 2.05) is 0 Å². The summed E-state index contributed by atoms with van der Waals surface area (Å²) in [6.45, 7) is 2.79. The summed E-state index contributed by atoms with van der Waals surface area (Å²) in [7, 11) is 1.77. The fraction of sp³-hybridized carbons (Fsp3) is 0.250. The second-order valence-electron chi connectivity index (χ2n) is 3.83. The molecule has 0 aromatic carbocycles. The van der Waals surface area contributed by atoms with Gasteiger partial charge in [0, 0.05) is 13.6 Å². The molecule has 0 unspecified atom stereocenters. The Labute approximate surface area is 120 Å². The number of rotatable bonds is 4. The van der Waals surface area contributed by atoms with Gasteiger partial charge in [0.1, 0.15) is 11.6 Å². The van der Waals surface area contributed by atoms with Crippen LogP contribution in [0.4, 0.5) is 11.6 Å². The monoisotopic (exact) mass is 301 g/mol. The van der Waals surface area contributed by atoms with Gasteiger partial charge < -0.3 is 10.6 Å². The summed E-state index contributed by atoms with van der Waals surface area (Å²) in [5.74, 6) is 1.25. The van der Waals surface area contributed by atoms with Crippen LogP contribution in [-0.2, 0) is 6.54 Å². The zero-order chi connectivity index (χ0) is 13.1. The maximum absolute atomic E-state index is 6.10. The maximum atomic E-state index is 6.10. The zero-order valence-corrected chi connectivity index (χ0v) is 12.4. The lowest BCUT2D eigenvalue weighted by Gasteiger charge is -2.10. The van der Waals surface area contributed by atoms with E-state index in [9.17, 15) is 0 Å². The van der Waals surface area contributed by atoms with E-state index in [1.165, 1.54) is 11.1 Å². The first-order chi connectivity index (χ1) is 8.61. The number of halogens is 2. The van der Waals surface area contributed by atoms with E-state index >= 15 is 0 Å². The fourth-order valence-electron chi connectivity index (χ4n) is 1.51. The first-order valence-electron chi connectivity index (χ1n) is 5.41. The summed E-state index contributed by atoms with van der Waals surface area (Å²) in [6, 6.07) is 1.69. The van der Waals surface area contributed by atoms with Crippen molar-refractivity contribution in [3.8, 4) is 0 Å². The van der Waals surface area contributed by atoms with Gasteiger partial charge in [-0.1, -0.05) is 23.2 Å². The molecule has 0 aliphatic heterocycles. The molecule has 2 aromatic heterocycles. The van der Waals surface area contributed by atoms with Gasteiger partial charge in [-0.2, -0.15) is 11.3 Å². The van der Waals surface area contributed by atoms with E-state index in [0.29, 0.717) is 28.2 Å². The Bertz CT molecular complexity index is 554. The van der Waals surface area contributed by atoms with Gasteiger partial charge in [-0.15, -0.1) is 0 Å². The summed E-state index contributed by atoms with van der Waals surface area (Å²) in [4.78, 5) is 4.34. The fourth-order valence-corrected chi connectivity index (χ4v) is 2.89. The highest BCUT2D eigenvalue weighted by atomic mass is 35.5. The van der Waals surface area contributed by atoms with Crippen LogP contribution in [0.25, 0.3) is 0 Å². The normalized spacial score (nSPS) is 10.4. The summed E-state index contributed by atoms with van der Waals surface area (Å²) < 4.78 is 0. The van der Waals surface area contributed by atoms with E-state index in [2.05, 4.69) is 33.3 Å². The van der Waals surface area contributed by atoms with Crippen LogP contribution in [0, 0.1) is 6.92 Å². The van der Waals surface area contributed by atoms with Crippen molar-refractivity contribution in [1.29, 1.82) is 0 Å². The Hall–Kier alpha value is -0.970. The molecule has 0 saturated heterocycles. The van der Waals surface area contributed by atoms with E-state index in [0.717, 1.165) is 0 Å². The molecule has 0 atom stereocenters. The molecular weight excluding hydrogens is 289 g/mol. The summed E-state index contributed by atoms with van der Waals surface area (Å²) in [6.07, 6.45) is 0. The molecule has 2 aromatic rings. The van der Waals surface area contributed by atoms with Gasteiger partial charge in [-0.3, -0.25) is 0 Å². The van der Waals surface area contributed by atoms with Crippen molar-refractivity contribution in [2.75, 3.05) is 17.7 Å². The van der Waals surface area contributed by atoms with Crippen molar-refractivity contribution in [2.24, 2.45) is 0 Å². The molecule has 0 aliphatic carbocycles. The summed E-state index contributed by atoms with van der Waals surface area (Å²) >= 11 is 13.8. The van der Waals surface area contributed by atoms with Gasteiger partial charge in [-0.05, 0) is 34.9 Å². The lowest BCUT2D eigenvalue weighted by molar-refractivity contribution is 1.10. The SMILES string of the molecule is CNc1nc(NCc2cscc2C)c(Cl)cc1Cl. The molecule has 18 heavy (non-hydrogen) atoms. The Balaban J connectivity index is 2.16. The Morgan fingerprint density at radius 3 is 2.56 bits per heavy atom. The smallest absolute Gasteiger partial charge is 0.147 e. The standard InChI is InChI=1S/C12H13Cl2N3S/c1-7-5-18-6-8(7)4-16-12-10(14)3-9(13)11(15-2)17-12/h3,5-6H,4H2,1-2H3,(H2,15,16,17). The van der Waals surface area contributed by atoms with Crippen molar-refractivity contribution < 1.29 is 0 Å². The van der Waals surface area contributed by atoms with Crippen molar-refractivity contribution >= 4 is 46.2 Å². The summed E-state index contributed by atoms with van der Waals surface area (Å²) in [5, 5.41) is 11.4. The molecule has 0 spiro atoms. The van der Waals surface area contributed by atoms with Crippen molar-refractivity contribution in [2.45, 2.75) is 13.5 Å². The number of aryl methyl sites for hydroxylation is 1. The first kappa shape index (κ1) is 13.5. The largest absolute Gasteiger partial charge is 0.372 e. The second kappa shape index (κ2) is 5.78. The van der Waals surface area contributed by atoms with E-state index in [4.69, 9.17) is 23.2 Å². The molecular formula is C12H13Cl2N3S. The Morgan fingerprint density at radius 1 is 1.22 bits per heavy atom. The number of pyridine rings is 1. The molecule has 0 radical (unpaired) electrons. The predicted molar refractivity (Wildman–Crippen MR) is 80.2 cm³/mol. The Morgan fingerprint density at radius 2 is 1.94 bits per heavy atom. The number of hydrogen-bond acceptors (Lipinski definition) is 4. The topological polar surface area (TPSA) is 37.0 Å². The van der Waals surface area contributed by atoms with Crippen LogP contribution < -0.4 is 10.6 Å². The van der Waals surface area contributed by atoms with E-state index in [-0.39, 0.29) is 0 Å². The van der Waals surface area contributed by atoms with Crippen LogP contribution in [0.3, 0.4) is 0 Å². The molecule has 0 bridgehead atoms. The minimum Gasteiger partial charge on any atom is -0.372 e. The van der Waals surface area contributed by atoms with Crippen LogP contribution >= 0.6 is 34.5 Å². The highest BCUT2D eigenvalue weighted by Crippen LogP contribution is 2.29. The number of aromatic nitrogens is 1. The zero-order valence-electron chi connectivity index (χ0n) is 10.1. The highest BCUT2D eigenvalue weighted by molar-refractivity contribution is 7.08. The van der Waals surface area contributed by atoms with Crippen molar-refractivity contribution in [3.05, 3.63) is 38.0 Å². The summed E-state index contributed by atoms with van der Waals surface area (Å²) in [5.41, 5.74) is 2.52. The number of hydrogen-bond donors (Lipinski definition) is 2. The van der Waals surface area contributed by atoms with E-state index in [1.54, 1.807) is 24.5 Å².